The third-order valence-corrected chi connectivity index (χ3v) is 2.97. The number of nitrogens with one attached hydrogen (secondary N) is 1. The number of anilines is 1. The first-order chi connectivity index (χ1) is 8.99. The van der Waals surface area contributed by atoms with Crippen molar-refractivity contribution in [3.63, 3.8) is 0 Å². The Morgan fingerprint density at radius 2 is 2.11 bits per heavy atom. The van der Waals surface area contributed by atoms with Gasteiger partial charge in [-0.05, 0) is 12.1 Å². The lowest BCUT2D eigenvalue weighted by Gasteiger charge is -2.04. The lowest BCUT2D eigenvalue weighted by atomic mass is 10.3. The highest BCUT2D eigenvalue weighted by atomic mass is 32.2. The number of nitrogens with two attached hydrogens (primary N) is 1. The van der Waals surface area contributed by atoms with E-state index in [0.29, 0.717) is 11.4 Å². The molecule has 0 atom stereocenters. The zero-order valence-electron chi connectivity index (χ0n) is 9.96. The van der Waals surface area contributed by atoms with Crippen molar-refractivity contribution >= 4 is 35.2 Å². The first-order valence-corrected chi connectivity index (χ1v) is 6.49. The summed E-state index contributed by atoms with van der Waals surface area (Å²) in [6.45, 7) is 0. The molecule has 1 rings (SSSR count). The zero-order chi connectivity index (χ0) is 14.3. The second kappa shape index (κ2) is 7.37. The highest BCUT2D eigenvalue weighted by molar-refractivity contribution is 7.99. The first-order valence-electron chi connectivity index (χ1n) is 5.34. The summed E-state index contributed by atoms with van der Waals surface area (Å²) in [6, 6.07) is 2.77. The number of pyridine rings is 1. The van der Waals surface area contributed by atoms with Crippen LogP contribution in [0.15, 0.2) is 18.3 Å². The van der Waals surface area contributed by atoms with Gasteiger partial charge in [-0.2, -0.15) is 11.8 Å². The second-order valence-corrected chi connectivity index (χ2v) is 4.66. The topological polar surface area (TPSA) is 122 Å². The number of nitrogens with zero attached hydrogens (tertiary/aromatic N) is 1. The van der Waals surface area contributed by atoms with Crippen molar-refractivity contribution in [2.24, 2.45) is 5.73 Å². The van der Waals surface area contributed by atoms with Crippen molar-refractivity contribution in [2.75, 3.05) is 16.8 Å². The number of hydrogen-bond donors (Lipinski definition) is 3. The number of thioether (sulfide) groups is 1. The molecule has 4 N–H and O–H groups in total. The van der Waals surface area contributed by atoms with Gasteiger partial charge >= 0.3 is 5.97 Å². The molecular weight excluding hydrogens is 270 g/mol. The fraction of sp³-hybridized carbons (Fsp3) is 0.273. The highest BCUT2D eigenvalue weighted by Gasteiger charge is 2.06. The van der Waals surface area contributed by atoms with Crippen molar-refractivity contribution < 1.29 is 19.5 Å². The molecular formula is C11H13N3O4S. The molecule has 0 aliphatic heterocycles. The van der Waals surface area contributed by atoms with E-state index in [-0.39, 0.29) is 23.8 Å². The smallest absolute Gasteiger partial charge is 0.354 e. The number of rotatable bonds is 7. The molecule has 0 aliphatic rings. The number of carboxylic acid groups (broad SMARTS) is 1. The SMILES string of the molecule is NC(=O)CSCCC(=O)Nc1ccc(C(=O)O)nc1. The Kier molecular flexibility index (Phi) is 5.80. The molecule has 0 unspecified atom stereocenters. The maximum Gasteiger partial charge on any atom is 0.354 e. The summed E-state index contributed by atoms with van der Waals surface area (Å²) in [4.78, 5) is 36.2. The molecule has 0 aliphatic carbocycles. The number of carbonyl (C=O) groups is 3. The summed E-state index contributed by atoms with van der Waals surface area (Å²) in [7, 11) is 0. The van der Waals surface area contributed by atoms with Gasteiger partial charge in [0, 0.05) is 12.2 Å². The van der Waals surface area contributed by atoms with Gasteiger partial charge < -0.3 is 16.2 Å². The van der Waals surface area contributed by atoms with E-state index in [2.05, 4.69) is 10.3 Å². The van der Waals surface area contributed by atoms with E-state index in [1.165, 1.54) is 30.1 Å². The van der Waals surface area contributed by atoms with Crippen LogP contribution in [-0.4, -0.2) is 39.4 Å². The molecule has 8 heteroatoms. The molecule has 0 aromatic carbocycles. The van der Waals surface area contributed by atoms with Gasteiger partial charge in [-0.15, -0.1) is 0 Å². The van der Waals surface area contributed by atoms with Crippen LogP contribution in [0.4, 0.5) is 5.69 Å². The number of hydrogen-bond acceptors (Lipinski definition) is 5. The van der Waals surface area contributed by atoms with Gasteiger partial charge in [-0.3, -0.25) is 9.59 Å². The molecule has 1 aromatic heterocycles. The Morgan fingerprint density at radius 1 is 1.37 bits per heavy atom. The third kappa shape index (κ3) is 5.87. The van der Waals surface area contributed by atoms with E-state index in [4.69, 9.17) is 10.8 Å². The molecule has 7 nitrogen and oxygen atoms in total. The van der Waals surface area contributed by atoms with Crippen LogP contribution in [0, 0.1) is 0 Å². The average molecular weight is 283 g/mol. The van der Waals surface area contributed by atoms with Crippen LogP contribution >= 0.6 is 11.8 Å². The van der Waals surface area contributed by atoms with Crippen molar-refractivity contribution in [1.82, 2.24) is 4.98 Å². The summed E-state index contributed by atoms with van der Waals surface area (Å²) in [5, 5.41) is 11.2. The fourth-order valence-corrected chi connectivity index (χ4v) is 1.83. The van der Waals surface area contributed by atoms with Gasteiger partial charge in [0.05, 0.1) is 17.6 Å². The normalized spacial score (nSPS) is 9.89. The van der Waals surface area contributed by atoms with Crippen LogP contribution in [-0.2, 0) is 9.59 Å². The van der Waals surface area contributed by atoms with Crippen molar-refractivity contribution in [1.29, 1.82) is 0 Å². The van der Waals surface area contributed by atoms with Gasteiger partial charge in [0.15, 0.2) is 0 Å². The monoisotopic (exact) mass is 283 g/mol. The van der Waals surface area contributed by atoms with Crippen LogP contribution in [0.1, 0.15) is 16.9 Å². The van der Waals surface area contributed by atoms with E-state index in [1.807, 2.05) is 0 Å². The van der Waals surface area contributed by atoms with Crippen molar-refractivity contribution in [2.45, 2.75) is 6.42 Å². The largest absolute Gasteiger partial charge is 0.477 e. The first kappa shape index (κ1) is 15.0. The molecule has 0 radical (unpaired) electrons. The maximum atomic E-state index is 11.5. The molecule has 0 spiro atoms. The number of carboxylic acids is 1. The molecule has 0 bridgehead atoms. The van der Waals surface area contributed by atoms with Crippen molar-refractivity contribution in [3.8, 4) is 0 Å². The predicted molar refractivity (Wildman–Crippen MR) is 71.0 cm³/mol. The molecule has 1 aromatic rings. The molecule has 0 saturated carbocycles. The number of primary amides is 1. The molecule has 0 saturated heterocycles. The van der Waals surface area contributed by atoms with E-state index in [0.717, 1.165) is 0 Å². The Bertz CT molecular complexity index is 475. The Hall–Kier alpha value is -2.09. The van der Waals surface area contributed by atoms with Crippen LogP contribution in [0.5, 0.6) is 0 Å². The fourth-order valence-electron chi connectivity index (χ4n) is 1.16. The minimum Gasteiger partial charge on any atom is -0.477 e. The van der Waals surface area contributed by atoms with E-state index in [1.54, 1.807) is 0 Å². The van der Waals surface area contributed by atoms with E-state index >= 15 is 0 Å². The quantitative estimate of drug-likeness (QED) is 0.620. The van der Waals surface area contributed by atoms with Gasteiger partial charge in [0.1, 0.15) is 5.69 Å². The third-order valence-electron chi connectivity index (χ3n) is 1.98. The Balaban J connectivity index is 2.35. The summed E-state index contributed by atoms with van der Waals surface area (Å²) in [6.07, 6.45) is 1.51. The van der Waals surface area contributed by atoms with Gasteiger partial charge in [-0.1, -0.05) is 0 Å². The summed E-state index contributed by atoms with van der Waals surface area (Å²) < 4.78 is 0. The van der Waals surface area contributed by atoms with Crippen LogP contribution < -0.4 is 11.1 Å². The van der Waals surface area contributed by atoms with Crippen LogP contribution in [0.3, 0.4) is 0 Å². The average Bonchev–Trinajstić information content (AvgIpc) is 2.35. The van der Waals surface area contributed by atoms with E-state index in [9.17, 15) is 14.4 Å². The Morgan fingerprint density at radius 3 is 2.63 bits per heavy atom. The van der Waals surface area contributed by atoms with Crippen LogP contribution in [0.2, 0.25) is 0 Å². The molecule has 1 heterocycles. The number of aromatic nitrogens is 1. The van der Waals surface area contributed by atoms with Crippen LogP contribution in [0.25, 0.3) is 0 Å². The lowest BCUT2D eigenvalue weighted by molar-refractivity contribution is -0.116. The van der Waals surface area contributed by atoms with Gasteiger partial charge in [-0.25, -0.2) is 9.78 Å². The zero-order valence-corrected chi connectivity index (χ0v) is 10.8. The summed E-state index contributed by atoms with van der Waals surface area (Å²) >= 11 is 1.28. The predicted octanol–water partition coefficient (Wildman–Crippen LogP) is 0.327. The molecule has 19 heavy (non-hydrogen) atoms. The van der Waals surface area contributed by atoms with Gasteiger partial charge in [0.25, 0.3) is 0 Å². The minimum atomic E-state index is -1.12. The molecule has 102 valence electrons. The minimum absolute atomic E-state index is 0.0880. The molecule has 2 amide bonds. The number of amides is 2. The summed E-state index contributed by atoms with van der Waals surface area (Å²) in [5.41, 5.74) is 5.29. The van der Waals surface area contributed by atoms with Gasteiger partial charge in [0.2, 0.25) is 11.8 Å². The summed E-state index contributed by atoms with van der Waals surface area (Å²) in [5.74, 6) is -1.11. The highest BCUT2D eigenvalue weighted by Crippen LogP contribution is 2.08. The molecule has 0 fully saturated rings. The number of carbonyl (C=O) groups excluding carboxylic acids is 2. The second-order valence-electron chi connectivity index (χ2n) is 3.55. The lowest BCUT2D eigenvalue weighted by Crippen LogP contribution is -2.16. The standard InChI is InChI=1S/C11H13N3O4S/c12-9(15)6-19-4-3-10(16)14-7-1-2-8(11(17)18)13-5-7/h1-2,5H,3-4,6H2,(H2,12,15)(H,14,16)(H,17,18). The number of aromatic carboxylic acids is 1. The Labute approximate surface area is 113 Å². The van der Waals surface area contributed by atoms with Crippen molar-refractivity contribution in [3.05, 3.63) is 24.0 Å². The maximum absolute atomic E-state index is 11.5. The van der Waals surface area contributed by atoms with E-state index < -0.39 is 11.9 Å².